The van der Waals surface area contributed by atoms with Crippen molar-refractivity contribution in [1.29, 1.82) is 0 Å². The van der Waals surface area contributed by atoms with Gasteiger partial charge in [0.05, 0.1) is 19.3 Å². The molecule has 1 heterocycles. The van der Waals surface area contributed by atoms with E-state index in [0.717, 1.165) is 43.5 Å². The molecule has 28 heavy (non-hydrogen) atoms. The predicted molar refractivity (Wildman–Crippen MR) is 126 cm³/mol. The maximum Gasteiger partial charge on any atom is 0.222 e. The molecule has 3 N–H and O–H groups in total. The van der Waals surface area contributed by atoms with Crippen LogP contribution in [0.1, 0.15) is 27.2 Å². The maximum atomic E-state index is 11.6. The van der Waals surface area contributed by atoms with Gasteiger partial charge >= 0.3 is 0 Å². The highest BCUT2D eigenvalue weighted by atomic mass is 127. The second-order valence-corrected chi connectivity index (χ2v) is 6.95. The molecule has 1 amide bonds. The Hall–Kier alpha value is -1.71. The molecule has 1 aliphatic heterocycles. The number of methoxy groups -OCH3 is 1. The fourth-order valence-corrected chi connectivity index (χ4v) is 3.05. The molecule has 1 aliphatic rings. The van der Waals surface area contributed by atoms with Gasteiger partial charge in [0, 0.05) is 38.1 Å². The summed E-state index contributed by atoms with van der Waals surface area (Å²) >= 11 is 0. The van der Waals surface area contributed by atoms with Gasteiger partial charge in [-0.05, 0) is 25.5 Å². The number of para-hydroxylation sites is 2. The molecule has 1 aromatic rings. The summed E-state index contributed by atoms with van der Waals surface area (Å²) in [7, 11) is 1.71. The monoisotopic (exact) mass is 503 g/mol. The number of carbonyl (C=O) groups is 1. The van der Waals surface area contributed by atoms with Crippen LogP contribution in [0.25, 0.3) is 0 Å². The molecular formula is C20H34IN5O2. The standard InChI is InChI=1S/C20H33N5O2.HI/c1-5-21-20(23-12-11-22-19(26)15(2)3)24-16-10-13-25(14-16)17-8-6-7-9-18(17)27-4;/h6-9,15-16H,5,10-14H2,1-4H3,(H,22,26)(H2,21,23,24);1H. The van der Waals surface area contributed by atoms with Crippen molar-refractivity contribution >= 4 is 41.5 Å². The number of benzene rings is 1. The number of ether oxygens (including phenoxy) is 1. The fraction of sp³-hybridized carbons (Fsp3) is 0.600. The summed E-state index contributed by atoms with van der Waals surface area (Å²) in [6.07, 6.45) is 1.03. The first-order valence-electron chi connectivity index (χ1n) is 9.75. The first kappa shape index (κ1) is 24.3. The van der Waals surface area contributed by atoms with E-state index in [1.807, 2.05) is 39.0 Å². The average molecular weight is 503 g/mol. The van der Waals surface area contributed by atoms with E-state index in [2.05, 4.69) is 31.9 Å². The zero-order valence-electron chi connectivity index (χ0n) is 17.3. The Morgan fingerprint density at radius 3 is 2.75 bits per heavy atom. The lowest BCUT2D eigenvalue weighted by atomic mass is 10.2. The fourth-order valence-electron chi connectivity index (χ4n) is 3.05. The Balaban J connectivity index is 0.00000392. The van der Waals surface area contributed by atoms with E-state index < -0.39 is 0 Å². The number of hydrogen-bond acceptors (Lipinski definition) is 4. The number of hydrogen-bond donors (Lipinski definition) is 3. The van der Waals surface area contributed by atoms with Crippen molar-refractivity contribution < 1.29 is 9.53 Å². The molecule has 0 aromatic heterocycles. The topological polar surface area (TPSA) is 78.0 Å². The van der Waals surface area contributed by atoms with Gasteiger partial charge in [0.15, 0.2) is 5.96 Å². The van der Waals surface area contributed by atoms with E-state index in [1.165, 1.54) is 0 Å². The third kappa shape index (κ3) is 7.37. The summed E-state index contributed by atoms with van der Waals surface area (Å²) in [6, 6.07) is 8.43. The minimum Gasteiger partial charge on any atom is -0.495 e. The smallest absolute Gasteiger partial charge is 0.222 e. The van der Waals surface area contributed by atoms with Crippen molar-refractivity contribution in [2.75, 3.05) is 44.7 Å². The molecule has 7 nitrogen and oxygen atoms in total. The van der Waals surface area contributed by atoms with Crippen LogP contribution in [0, 0.1) is 5.92 Å². The van der Waals surface area contributed by atoms with Gasteiger partial charge in [0.2, 0.25) is 5.91 Å². The van der Waals surface area contributed by atoms with Crippen molar-refractivity contribution in [2.24, 2.45) is 10.9 Å². The van der Waals surface area contributed by atoms with E-state index in [1.54, 1.807) is 7.11 Å². The molecule has 0 radical (unpaired) electrons. The molecular weight excluding hydrogens is 469 g/mol. The Morgan fingerprint density at radius 2 is 2.07 bits per heavy atom. The first-order valence-corrected chi connectivity index (χ1v) is 9.75. The van der Waals surface area contributed by atoms with Gasteiger partial charge in [-0.25, -0.2) is 0 Å². The van der Waals surface area contributed by atoms with Crippen molar-refractivity contribution in [1.82, 2.24) is 16.0 Å². The van der Waals surface area contributed by atoms with Gasteiger partial charge < -0.3 is 25.6 Å². The van der Waals surface area contributed by atoms with Crippen molar-refractivity contribution in [3.8, 4) is 5.75 Å². The molecule has 1 aromatic carbocycles. The minimum atomic E-state index is -0.000193. The highest BCUT2D eigenvalue weighted by Crippen LogP contribution is 2.30. The molecule has 0 bridgehead atoms. The van der Waals surface area contributed by atoms with Gasteiger partial charge in [0.1, 0.15) is 5.75 Å². The molecule has 1 fully saturated rings. The number of aliphatic imine (C=N–C) groups is 1. The summed E-state index contributed by atoms with van der Waals surface area (Å²) in [6.45, 7) is 9.59. The molecule has 158 valence electrons. The number of nitrogens with zero attached hydrogens (tertiary/aromatic N) is 2. The van der Waals surface area contributed by atoms with E-state index in [9.17, 15) is 4.79 Å². The van der Waals surface area contributed by atoms with E-state index >= 15 is 0 Å². The Bertz CT molecular complexity index is 639. The van der Waals surface area contributed by atoms with Crippen LogP contribution in [-0.2, 0) is 4.79 Å². The van der Waals surface area contributed by atoms with E-state index in [-0.39, 0.29) is 35.8 Å². The quantitative estimate of drug-likeness (QED) is 0.220. The SMILES string of the molecule is CCNC(=NCCNC(=O)C(C)C)NC1CCN(c2ccccc2OC)C1.I. The Labute approximate surface area is 185 Å². The summed E-state index contributed by atoms with van der Waals surface area (Å²) in [4.78, 5) is 18.5. The molecule has 1 atom stereocenters. The molecule has 2 rings (SSSR count). The van der Waals surface area contributed by atoms with Gasteiger partial charge in [-0.2, -0.15) is 0 Å². The summed E-state index contributed by atoms with van der Waals surface area (Å²) < 4.78 is 5.48. The lowest BCUT2D eigenvalue weighted by Gasteiger charge is -2.22. The molecule has 0 aliphatic carbocycles. The number of amides is 1. The minimum absolute atomic E-state index is 0. The van der Waals surface area contributed by atoms with Crippen molar-refractivity contribution in [3.63, 3.8) is 0 Å². The number of halogens is 1. The van der Waals surface area contributed by atoms with E-state index in [0.29, 0.717) is 19.1 Å². The number of rotatable bonds is 8. The Morgan fingerprint density at radius 1 is 1.32 bits per heavy atom. The second kappa shape index (κ2) is 12.7. The molecule has 8 heteroatoms. The first-order chi connectivity index (χ1) is 13.0. The number of guanidine groups is 1. The van der Waals surface area contributed by atoms with Gasteiger partial charge in [-0.1, -0.05) is 26.0 Å². The van der Waals surface area contributed by atoms with Crippen LogP contribution in [-0.4, -0.2) is 57.7 Å². The van der Waals surface area contributed by atoms with E-state index in [4.69, 9.17) is 4.74 Å². The van der Waals surface area contributed by atoms with Crippen LogP contribution in [0.15, 0.2) is 29.3 Å². The van der Waals surface area contributed by atoms with Crippen molar-refractivity contribution in [3.05, 3.63) is 24.3 Å². The van der Waals surface area contributed by atoms with Crippen molar-refractivity contribution in [2.45, 2.75) is 33.2 Å². The largest absolute Gasteiger partial charge is 0.495 e. The molecule has 0 spiro atoms. The summed E-state index contributed by atoms with van der Waals surface area (Å²) in [5.74, 6) is 1.76. The molecule has 1 saturated heterocycles. The highest BCUT2D eigenvalue weighted by Gasteiger charge is 2.25. The lowest BCUT2D eigenvalue weighted by molar-refractivity contribution is -0.123. The van der Waals surface area contributed by atoms with Gasteiger partial charge in [-0.3, -0.25) is 9.79 Å². The predicted octanol–water partition coefficient (Wildman–Crippen LogP) is 2.22. The van der Waals surface area contributed by atoms with Crippen LogP contribution >= 0.6 is 24.0 Å². The summed E-state index contributed by atoms with van der Waals surface area (Å²) in [5.41, 5.74) is 1.13. The molecule has 0 saturated carbocycles. The normalized spacial score (nSPS) is 16.5. The van der Waals surface area contributed by atoms with Crippen LogP contribution in [0.2, 0.25) is 0 Å². The maximum absolute atomic E-state index is 11.6. The second-order valence-electron chi connectivity index (χ2n) is 6.95. The zero-order chi connectivity index (χ0) is 19.6. The molecule has 1 unspecified atom stereocenters. The van der Waals surface area contributed by atoms with Crippen LogP contribution in [0.3, 0.4) is 0 Å². The zero-order valence-corrected chi connectivity index (χ0v) is 19.7. The number of nitrogens with one attached hydrogen (secondary N) is 3. The van der Waals surface area contributed by atoms with Crippen LogP contribution in [0.4, 0.5) is 5.69 Å². The third-order valence-electron chi connectivity index (χ3n) is 4.50. The average Bonchev–Trinajstić information content (AvgIpc) is 3.13. The number of anilines is 1. The lowest BCUT2D eigenvalue weighted by Crippen LogP contribution is -2.45. The van der Waals surface area contributed by atoms with Crippen LogP contribution in [0.5, 0.6) is 5.75 Å². The Kier molecular flexibility index (Phi) is 11.0. The highest BCUT2D eigenvalue weighted by molar-refractivity contribution is 14.0. The number of carbonyl (C=O) groups excluding carboxylic acids is 1. The summed E-state index contributed by atoms with van der Waals surface area (Å²) in [5, 5.41) is 9.68. The van der Waals surface area contributed by atoms with Crippen LogP contribution < -0.4 is 25.6 Å². The van der Waals surface area contributed by atoms with Gasteiger partial charge in [-0.15, -0.1) is 24.0 Å². The van der Waals surface area contributed by atoms with Gasteiger partial charge in [0.25, 0.3) is 0 Å². The third-order valence-corrected chi connectivity index (χ3v) is 4.50.